The van der Waals surface area contributed by atoms with Crippen molar-refractivity contribution < 1.29 is 13.9 Å². The van der Waals surface area contributed by atoms with Crippen LogP contribution >= 0.6 is 0 Å². The van der Waals surface area contributed by atoms with Gasteiger partial charge >= 0.3 is 0 Å². The summed E-state index contributed by atoms with van der Waals surface area (Å²) in [5.74, 6) is 1.58. The van der Waals surface area contributed by atoms with E-state index in [2.05, 4.69) is 10.3 Å². The van der Waals surface area contributed by atoms with E-state index in [0.717, 1.165) is 11.5 Å². The minimum atomic E-state index is 0.0576. The maximum absolute atomic E-state index is 5.44. The summed E-state index contributed by atoms with van der Waals surface area (Å²) in [6, 6.07) is 0. The van der Waals surface area contributed by atoms with Crippen molar-refractivity contribution in [2.24, 2.45) is 0 Å². The van der Waals surface area contributed by atoms with E-state index in [1.165, 1.54) is 0 Å². The lowest BCUT2D eigenvalue weighted by molar-refractivity contribution is 0.0285. The Kier molecular flexibility index (Phi) is 5.45. The van der Waals surface area contributed by atoms with Crippen LogP contribution in [0.4, 0.5) is 0 Å². The number of hydrogen-bond donors (Lipinski definition) is 1. The molecule has 0 aromatic carbocycles. The van der Waals surface area contributed by atoms with Crippen LogP contribution in [0.2, 0.25) is 0 Å². The first-order chi connectivity index (χ1) is 7.67. The van der Waals surface area contributed by atoms with E-state index in [-0.39, 0.29) is 6.10 Å². The molecule has 0 aliphatic heterocycles. The summed E-state index contributed by atoms with van der Waals surface area (Å²) >= 11 is 0. The molecule has 0 amide bonds. The molecule has 1 aromatic rings. The van der Waals surface area contributed by atoms with Crippen LogP contribution in [0.15, 0.2) is 4.42 Å². The second kappa shape index (κ2) is 6.62. The summed E-state index contributed by atoms with van der Waals surface area (Å²) in [5.41, 5.74) is 0.942. The monoisotopic (exact) mass is 228 g/mol. The standard InChI is InChI=1S/C11H20N2O3/c1-8-9(2)16-11(13-8)6-12-5-10(15-4)7-14-3/h10,12H,5-7H2,1-4H3. The fourth-order valence-electron chi connectivity index (χ4n) is 1.35. The van der Waals surface area contributed by atoms with Crippen molar-refractivity contribution in [1.82, 2.24) is 10.3 Å². The van der Waals surface area contributed by atoms with Gasteiger partial charge in [-0.05, 0) is 13.8 Å². The van der Waals surface area contributed by atoms with Gasteiger partial charge in [0, 0.05) is 20.8 Å². The van der Waals surface area contributed by atoms with Crippen molar-refractivity contribution >= 4 is 0 Å². The summed E-state index contributed by atoms with van der Waals surface area (Å²) in [6.07, 6.45) is 0.0576. The zero-order valence-corrected chi connectivity index (χ0v) is 10.4. The SMILES string of the molecule is COCC(CNCc1nc(C)c(C)o1)OC. The summed E-state index contributed by atoms with van der Waals surface area (Å²) in [4.78, 5) is 4.28. The second-order valence-electron chi connectivity index (χ2n) is 3.69. The molecule has 1 atom stereocenters. The maximum atomic E-state index is 5.44. The largest absolute Gasteiger partial charge is 0.444 e. The van der Waals surface area contributed by atoms with E-state index in [1.54, 1.807) is 14.2 Å². The van der Waals surface area contributed by atoms with Crippen LogP contribution in [-0.4, -0.2) is 38.5 Å². The molecular weight excluding hydrogens is 208 g/mol. The summed E-state index contributed by atoms with van der Waals surface area (Å²) in [7, 11) is 3.33. The predicted octanol–water partition coefficient (Wildman–Crippen LogP) is 1.04. The van der Waals surface area contributed by atoms with Crippen LogP contribution in [0, 0.1) is 13.8 Å². The fraction of sp³-hybridized carbons (Fsp3) is 0.727. The van der Waals surface area contributed by atoms with E-state index in [0.29, 0.717) is 25.6 Å². The van der Waals surface area contributed by atoms with Crippen molar-refractivity contribution in [2.75, 3.05) is 27.4 Å². The molecule has 5 heteroatoms. The number of nitrogens with zero attached hydrogens (tertiary/aromatic N) is 1. The van der Waals surface area contributed by atoms with Gasteiger partial charge in [0.05, 0.1) is 24.9 Å². The quantitative estimate of drug-likeness (QED) is 0.755. The number of aryl methyl sites for hydroxylation is 2. The topological polar surface area (TPSA) is 56.5 Å². The van der Waals surface area contributed by atoms with Gasteiger partial charge in [0.1, 0.15) is 5.76 Å². The molecule has 0 aliphatic rings. The average molecular weight is 228 g/mol. The second-order valence-corrected chi connectivity index (χ2v) is 3.69. The van der Waals surface area contributed by atoms with E-state index >= 15 is 0 Å². The average Bonchev–Trinajstić information content (AvgIpc) is 2.57. The zero-order valence-electron chi connectivity index (χ0n) is 10.4. The fourth-order valence-corrected chi connectivity index (χ4v) is 1.35. The first-order valence-corrected chi connectivity index (χ1v) is 5.32. The van der Waals surface area contributed by atoms with Gasteiger partial charge in [-0.3, -0.25) is 0 Å². The maximum Gasteiger partial charge on any atom is 0.208 e. The van der Waals surface area contributed by atoms with Crippen LogP contribution in [0.3, 0.4) is 0 Å². The number of ether oxygens (including phenoxy) is 2. The van der Waals surface area contributed by atoms with Gasteiger partial charge in [-0.25, -0.2) is 4.98 Å². The Bertz CT molecular complexity index is 293. The minimum absolute atomic E-state index is 0.0576. The molecule has 1 N–H and O–H groups in total. The number of oxazole rings is 1. The molecule has 0 radical (unpaired) electrons. The molecule has 1 unspecified atom stereocenters. The number of rotatable bonds is 7. The molecule has 1 aromatic heterocycles. The van der Waals surface area contributed by atoms with Crippen molar-refractivity contribution in [2.45, 2.75) is 26.5 Å². The molecule has 5 nitrogen and oxygen atoms in total. The van der Waals surface area contributed by atoms with Gasteiger partial charge < -0.3 is 19.2 Å². The van der Waals surface area contributed by atoms with Crippen LogP contribution < -0.4 is 5.32 Å². The molecule has 16 heavy (non-hydrogen) atoms. The minimum Gasteiger partial charge on any atom is -0.444 e. The summed E-state index contributed by atoms with van der Waals surface area (Å²) in [6.45, 7) is 5.75. The van der Waals surface area contributed by atoms with E-state index in [9.17, 15) is 0 Å². The van der Waals surface area contributed by atoms with Gasteiger partial charge in [0.2, 0.25) is 5.89 Å². The Balaban J connectivity index is 2.29. The molecule has 0 bridgehead atoms. The first-order valence-electron chi connectivity index (χ1n) is 5.32. The molecule has 92 valence electrons. The summed E-state index contributed by atoms with van der Waals surface area (Å²) < 4.78 is 15.7. The molecule has 1 rings (SSSR count). The zero-order chi connectivity index (χ0) is 12.0. The van der Waals surface area contributed by atoms with Gasteiger partial charge in [-0.2, -0.15) is 0 Å². The van der Waals surface area contributed by atoms with Crippen LogP contribution in [0.25, 0.3) is 0 Å². The Labute approximate surface area is 96.1 Å². The van der Waals surface area contributed by atoms with Crippen LogP contribution in [0.5, 0.6) is 0 Å². The smallest absolute Gasteiger partial charge is 0.208 e. The van der Waals surface area contributed by atoms with Crippen LogP contribution in [-0.2, 0) is 16.0 Å². The molecule has 0 saturated carbocycles. The van der Waals surface area contributed by atoms with Crippen LogP contribution in [0.1, 0.15) is 17.3 Å². The van der Waals surface area contributed by atoms with Crippen molar-refractivity contribution in [3.63, 3.8) is 0 Å². The van der Waals surface area contributed by atoms with Crippen molar-refractivity contribution in [3.05, 3.63) is 17.3 Å². The molecule has 0 spiro atoms. The van der Waals surface area contributed by atoms with E-state index in [1.807, 2.05) is 13.8 Å². The highest BCUT2D eigenvalue weighted by molar-refractivity contribution is 5.05. The molecule has 0 fully saturated rings. The highest BCUT2D eigenvalue weighted by atomic mass is 16.5. The molecular formula is C11H20N2O3. The third-order valence-corrected chi connectivity index (χ3v) is 2.41. The van der Waals surface area contributed by atoms with Gasteiger partial charge in [-0.15, -0.1) is 0 Å². The highest BCUT2D eigenvalue weighted by Crippen LogP contribution is 2.07. The first kappa shape index (κ1) is 13.2. The van der Waals surface area contributed by atoms with Gasteiger partial charge in [0.25, 0.3) is 0 Å². The third-order valence-electron chi connectivity index (χ3n) is 2.41. The molecule has 0 saturated heterocycles. The van der Waals surface area contributed by atoms with Crippen molar-refractivity contribution in [3.8, 4) is 0 Å². The summed E-state index contributed by atoms with van der Waals surface area (Å²) in [5, 5.41) is 3.22. The Hall–Kier alpha value is -0.910. The van der Waals surface area contributed by atoms with Crippen molar-refractivity contribution in [1.29, 1.82) is 0 Å². The lowest BCUT2D eigenvalue weighted by atomic mass is 10.3. The normalized spacial score (nSPS) is 13.0. The number of methoxy groups -OCH3 is 2. The molecule has 0 aliphatic carbocycles. The highest BCUT2D eigenvalue weighted by Gasteiger charge is 2.08. The Morgan fingerprint density at radius 3 is 2.62 bits per heavy atom. The lowest BCUT2D eigenvalue weighted by Crippen LogP contribution is -2.31. The van der Waals surface area contributed by atoms with Gasteiger partial charge in [-0.1, -0.05) is 0 Å². The molecule has 1 heterocycles. The van der Waals surface area contributed by atoms with E-state index in [4.69, 9.17) is 13.9 Å². The number of nitrogens with one attached hydrogen (secondary N) is 1. The Morgan fingerprint density at radius 2 is 2.12 bits per heavy atom. The van der Waals surface area contributed by atoms with E-state index < -0.39 is 0 Å². The number of aromatic nitrogens is 1. The van der Waals surface area contributed by atoms with Gasteiger partial charge in [0.15, 0.2) is 0 Å². The Morgan fingerprint density at radius 1 is 1.38 bits per heavy atom. The predicted molar refractivity (Wildman–Crippen MR) is 60.4 cm³/mol. The third kappa shape index (κ3) is 3.92. The number of hydrogen-bond acceptors (Lipinski definition) is 5. The lowest BCUT2D eigenvalue weighted by Gasteiger charge is -2.14.